The van der Waals surface area contributed by atoms with Crippen molar-refractivity contribution < 1.29 is 0 Å². The standard InChI is InChI=1S/C16H25N/c1-2-11-17-13-16-10-6-9-15(16)12-14-7-4-3-5-8-14/h3-5,7-8,15-17H,2,6,9-13H2,1H3. The van der Waals surface area contributed by atoms with Crippen molar-refractivity contribution in [2.75, 3.05) is 13.1 Å². The Morgan fingerprint density at radius 1 is 1.12 bits per heavy atom. The van der Waals surface area contributed by atoms with Crippen molar-refractivity contribution in [3.63, 3.8) is 0 Å². The van der Waals surface area contributed by atoms with Gasteiger partial charge in [-0.05, 0) is 56.2 Å². The molecule has 1 heteroatoms. The molecule has 0 aromatic heterocycles. The molecule has 0 radical (unpaired) electrons. The normalized spacial score (nSPS) is 24.1. The Hall–Kier alpha value is -0.820. The van der Waals surface area contributed by atoms with Crippen LogP contribution >= 0.6 is 0 Å². The van der Waals surface area contributed by atoms with Crippen molar-refractivity contribution in [1.29, 1.82) is 0 Å². The van der Waals surface area contributed by atoms with Crippen molar-refractivity contribution in [3.05, 3.63) is 35.9 Å². The van der Waals surface area contributed by atoms with Gasteiger partial charge in [0.25, 0.3) is 0 Å². The SMILES string of the molecule is CCCNCC1CCCC1Cc1ccccc1. The minimum atomic E-state index is 0.904. The summed E-state index contributed by atoms with van der Waals surface area (Å²) in [5, 5.41) is 3.59. The maximum Gasteiger partial charge on any atom is -0.00178 e. The summed E-state index contributed by atoms with van der Waals surface area (Å²) in [4.78, 5) is 0. The van der Waals surface area contributed by atoms with E-state index in [-0.39, 0.29) is 0 Å². The number of nitrogens with one attached hydrogen (secondary N) is 1. The molecule has 94 valence electrons. The van der Waals surface area contributed by atoms with Crippen LogP contribution in [0.3, 0.4) is 0 Å². The molecule has 1 nitrogen and oxygen atoms in total. The van der Waals surface area contributed by atoms with E-state index in [9.17, 15) is 0 Å². The molecule has 1 N–H and O–H groups in total. The largest absolute Gasteiger partial charge is 0.316 e. The summed E-state index contributed by atoms with van der Waals surface area (Å²) >= 11 is 0. The molecule has 1 aromatic carbocycles. The molecular weight excluding hydrogens is 206 g/mol. The third-order valence-corrected chi connectivity index (χ3v) is 3.99. The second-order valence-corrected chi connectivity index (χ2v) is 5.34. The molecule has 2 unspecified atom stereocenters. The monoisotopic (exact) mass is 231 g/mol. The van der Waals surface area contributed by atoms with E-state index in [1.54, 1.807) is 0 Å². The quantitative estimate of drug-likeness (QED) is 0.737. The van der Waals surface area contributed by atoms with Crippen LogP contribution in [0.15, 0.2) is 30.3 Å². The number of hydrogen-bond donors (Lipinski definition) is 1. The first kappa shape index (κ1) is 12.6. The van der Waals surface area contributed by atoms with E-state index in [2.05, 4.69) is 42.6 Å². The minimum absolute atomic E-state index is 0.904. The van der Waals surface area contributed by atoms with Gasteiger partial charge in [-0.1, -0.05) is 43.7 Å². The highest BCUT2D eigenvalue weighted by atomic mass is 14.9. The fraction of sp³-hybridized carbons (Fsp3) is 0.625. The Kier molecular flexibility index (Phi) is 5.06. The first-order chi connectivity index (χ1) is 8.40. The Morgan fingerprint density at radius 3 is 2.65 bits per heavy atom. The summed E-state index contributed by atoms with van der Waals surface area (Å²) in [6.07, 6.45) is 6.80. The lowest BCUT2D eigenvalue weighted by Gasteiger charge is -2.20. The highest BCUT2D eigenvalue weighted by molar-refractivity contribution is 5.15. The van der Waals surface area contributed by atoms with Crippen LogP contribution in [0, 0.1) is 11.8 Å². The molecule has 1 aliphatic rings. The maximum atomic E-state index is 3.59. The second-order valence-electron chi connectivity index (χ2n) is 5.34. The number of benzene rings is 1. The summed E-state index contributed by atoms with van der Waals surface area (Å²) in [6.45, 7) is 4.64. The topological polar surface area (TPSA) is 12.0 Å². The van der Waals surface area contributed by atoms with Crippen LogP contribution in [0.2, 0.25) is 0 Å². The van der Waals surface area contributed by atoms with Gasteiger partial charge in [0, 0.05) is 0 Å². The molecule has 2 rings (SSSR count). The van der Waals surface area contributed by atoms with Gasteiger partial charge in [-0.15, -0.1) is 0 Å². The molecule has 0 amide bonds. The van der Waals surface area contributed by atoms with Gasteiger partial charge in [0.1, 0.15) is 0 Å². The molecule has 17 heavy (non-hydrogen) atoms. The first-order valence-corrected chi connectivity index (χ1v) is 7.14. The van der Waals surface area contributed by atoms with Gasteiger partial charge in [0.2, 0.25) is 0 Å². The first-order valence-electron chi connectivity index (χ1n) is 7.14. The van der Waals surface area contributed by atoms with Crippen molar-refractivity contribution in [3.8, 4) is 0 Å². The van der Waals surface area contributed by atoms with E-state index < -0.39 is 0 Å². The van der Waals surface area contributed by atoms with Gasteiger partial charge in [0.05, 0.1) is 0 Å². The summed E-state index contributed by atoms with van der Waals surface area (Å²) in [7, 11) is 0. The molecule has 2 atom stereocenters. The summed E-state index contributed by atoms with van der Waals surface area (Å²) in [5.74, 6) is 1.81. The Morgan fingerprint density at radius 2 is 1.88 bits per heavy atom. The number of rotatable bonds is 6. The van der Waals surface area contributed by atoms with Gasteiger partial charge in [-0.25, -0.2) is 0 Å². The highest BCUT2D eigenvalue weighted by Gasteiger charge is 2.26. The van der Waals surface area contributed by atoms with Gasteiger partial charge < -0.3 is 5.32 Å². The van der Waals surface area contributed by atoms with E-state index in [1.807, 2.05) is 0 Å². The van der Waals surface area contributed by atoms with Crippen LogP contribution in [-0.2, 0) is 6.42 Å². The summed E-state index contributed by atoms with van der Waals surface area (Å²) in [5.41, 5.74) is 1.51. The molecular formula is C16H25N. The van der Waals surface area contributed by atoms with Crippen molar-refractivity contribution in [1.82, 2.24) is 5.32 Å². The zero-order valence-electron chi connectivity index (χ0n) is 11.0. The Labute approximate surface area is 106 Å². The zero-order valence-corrected chi connectivity index (χ0v) is 11.0. The molecule has 1 aliphatic carbocycles. The maximum absolute atomic E-state index is 3.59. The van der Waals surface area contributed by atoms with Crippen LogP contribution in [0.1, 0.15) is 38.2 Å². The fourth-order valence-electron chi connectivity index (χ4n) is 3.03. The van der Waals surface area contributed by atoms with E-state index in [0.29, 0.717) is 0 Å². The van der Waals surface area contributed by atoms with Crippen LogP contribution in [0.5, 0.6) is 0 Å². The lowest BCUT2D eigenvalue weighted by atomic mass is 9.89. The van der Waals surface area contributed by atoms with E-state index >= 15 is 0 Å². The average Bonchev–Trinajstić information content (AvgIpc) is 2.79. The highest BCUT2D eigenvalue weighted by Crippen LogP contribution is 2.33. The van der Waals surface area contributed by atoms with Crippen LogP contribution in [0.25, 0.3) is 0 Å². The average molecular weight is 231 g/mol. The van der Waals surface area contributed by atoms with E-state index in [1.165, 1.54) is 50.8 Å². The van der Waals surface area contributed by atoms with Gasteiger partial charge in [0.15, 0.2) is 0 Å². The predicted octanol–water partition coefficient (Wildman–Crippen LogP) is 3.65. The molecule has 1 saturated carbocycles. The van der Waals surface area contributed by atoms with Gasteiger partial charge in [-0.3, -0.25) is 0 Å². The molecule has 0 bridgehead atoms. The molecule has 0 aliphatic heterocycles. The number of hydrogen-bond acceptors (Lipinski definition) is 1. The third kappa shape index (κ3) is 3.85. The predicted molar refractivity (Wildman–Crippen MR) is 74.1 cm³/mol. The second kappa shape index (κ2) is 6.80. The summed E-state index contributed by atoms with van der Waals surface area (Å²) in [6, 6.07) is 11.0. The smallest absolute Gasteiger partial charge is 0.00178 e. The zero-order chi connectivity index (χ0) is 11.9. The summed E-state index contributed by atoms with van der Waals surface area (Å²) < 4.78 is 0. The van der Waals surface area contributed by atoms with Crippen LogP contribution in [0.4, 0.5) is 0 Å². The minimum Gasteiger partial charge on any atom is -0.316 e. The molecule has 0 saturated heterocycles. The molecule has 1 aromatic rings. The van der Waals surface area contributed by atoms with Crippen molar-refractivity contribution in [2.45, 2.75) is 39.0 Å². The fourth-order valence-corrected chi connectivity index (χ4v) is 3.03. The van der Waals surface area contributed by atoms with Crippen LogP contribution in [-0.4, -0.2) is 13.1 Å². The third-order valence-electron chi connectivity index (χ3n) is 3.99. The van der Waals surface area contributed by atoms with Crippen LogP contribution < -0.4 is 5.32 Å². The molecule has 0 spiro atoms. The van der Waals surface area contributed by atoms with Crippen molar-refractivity contribution >= 4 is 0 Å². The molecule has 1 fully saturated rings. The van der Waals surface area contributed by atoms with Crippen molar-refractivity contribution in [2.24, 2.45) is 11.8 Å². The lowest BCUT2D eigenvalue weighted by Crippen LogP contribution is -2.26. The van der Waals surface area contributed by atoms with Gasteiger partial charge >= 0.3 is 0 Å². The lowest BCUT2D eigenvalue weighted by molar-refractivity contribution is 0.365. The Balaban J connectivity index is 1.82. The van der Waals surface area contributed by atoms with E-state index in [0.717, 1.165) is 11.8 Å². The Bertz CT molecular complexity index is 307. The van der Waals surface area contributed by atoms with Gasteiger partial charge in [-0.2, -0.15) is 0 Å². The van der Waals surface area contributed by atoms with E-state index in [4.69, 9.17) is 0 Å². The molecule has 0 heterocycles.